The van der Waals surface area contributed by atoms with Crippen molar-refractivity contribution in [3.63, 3.8) is 0 Å². The number of hydrogen-bond acceptors (Lipinski definition) is 3. The van der Waals surface area contributed by atoms with Crippen LogP contribution >= 0.6 is 0 Å². The van der Waals surface area contributed by atoms with E-state index in [1.807, 2.05) is 18.7 Å². The lowest BCUT2D eigenvalue weighted by Crippen LogP contribution is -2.66. The summed E-state index contributed by atoms with van der Waals surface area (Å²) in [6, 6.07) is -0.622. The lowest BCUT2D eigenvalue weighted by atomic mass is 9.97. The quantitative estimate of drug-likeness (QED) is 0.838. The Kier molecular flexibility index (Phi) is 3.71. The van der Waals surface area contributed by atoms with Crippen LogP contribution in [0.3, 0.4) is 0 Å². The third-order valence-electron chi connectivity index (χ3n) is 4.79. The molecule has 3 aliphatic rings. The van der Waals surface area contributed by atoms with Gasteiger partial charge >= 0.3 is 0 Å². The fourth-order valence-electron chi connectivity index (χ4n) is 3.56. The van der Waals surface area contributed by atoms with Gasteiger partial charge in [-0.05, 0) is 38.5 Å². The first-order valence-electron chi connectivity index (χ1n) is 7.87. The Morgan fingerprint density at radius 1 is 1.30 bits per heavy atom. The topological polar surface area (TPSA) is 58.6 Å². The van der Waals surface area contributed by atoms with Gasteiger partial charge < -0.3 is 15.0 Å². The van der Waals surface area contributed by atoms with Crippen molar-refractivity contribution in [2.75, 3.05) is 6.61 Å². The lowest BCUT2D eigenvalue weighted by molar-refractivity contribution is -0.153. The number of carbonyl (C=O) groups excluding carboxylic acids is 2. The number of amides is 2. The number of piperazine rings is 1. The van der Waals surface area contributed by atoms with Crippen LogP contribution in [0.4, 0.5) is 0 Å². The van der Waals surface area contributed by atoms with Gasteiger partial charge in [0.25, 0.3) is 0 Å². The van der Waals surface area contributed by atoms with Crippen LogP contribution in [0, 0.1) is 5.92 Å². The van der Waals surface area contributed by atoms with E-state index in [-0.39, 0.29) is 36.0 Å². The average Bonchev–Trinajstić information content (AvgIpc) is 3.16. The zero-order valence-electron chi connectivity index (χ0n) is 12.3. The van der Waals surface area contributed by atoms with Crippen LogP contribution in [0.15, 0.2) is 0 Å². The molecule has 0 aromatic rings. The molecule has 1 aliphatic carbocycles. The van der Waals surface area contributed by atoms with Crippen LogP contribution in [-0.2, 0) is 14.3 Å². The highest BCUT2D eigenvalue weighted by molar-refractivity contribution is 5.97. The molecule has 5 heteroatoms. The Bertz CT molecular complexity index is 408. The van der Waals surface area contributed by atoms with E-state index < -0.39 is 0 Å². The summed E-state index contributed by atoms with van der Waals surface area (Å²) in [6.07, 6.45) is 5.02. The number of nitrogens with one attached hydrogen (secondary N) is 1. The van der Waals surface area contributed by atoms with Gasteiger partial charge in [-0.15, -0.1) is 0 Å². The third-order valence-corrected chi connectivity index (χ3v) is 4.79. The molecule has 0 radical (unpaired) electrons. The summed E-state index contributed by atoms with van der Waals surface area (Å²) in [5, 5.41) is 2.86. The standard InChI is InChI=1S/C15H24N2O3/c1-3-4-11-15(19)17(9(2)14(18)16-11)12-7-8-20-13(12)10-5-6-10/h9-13H,3-8H2,1-2H3,(H,16,18). The van der Waals surface area contributed by atoms with Gasteiger partial charge in [-0.3, -0.25) is 9.59 Å². The molecule has 5 nitrogen and oxygen atoms in total. The van der Waals surface area contributed by atoms with Crippen molar-refractivity contribution < 1.29 is 14.3 Å². The molecule has 2 heterocycles. The molecule has 1 N–H and O–H groups in total. The highest BCUT2D eigenvalue weighted by Crippen LogP contribution is 2.41. The van der Waals surface area contributed by atoms with Crippen molar-refractivity contribution in [3.8, 4) is 0 Å². The van der Waals surface area contributed by atoms with Gasteiger partial charge in [-0.25, -0.2) is 0 Å². The van der Waals surface area contributed by atoms with Crippen LogP contribution in [0.2, 0.25) is 0 Å². The maximum atomic E-state index is 12.7. The van der Waals surface area contributed by atoms with Crippen molar-refractivity contribution in [2.24, 2.45) is 5.92 Å². The minimum absolute atomic E-state index is 0.0236. The van der Waals surface area contributed by atoms with Gasteiger partial charge in [-0.2, -0.15) is 0 Å². The Morgan fingerprint density at radius 2 is 2.05 bits per heavy atom. The molecule has 2 amide bonds. The van der Waals surface area contributed by atoms with Crippen molar-refractivity contribution in [2.45, 2.75) is 70.2 Å². The van der Waals surface area contributed by atoms with Crippen molar-refractivity contribution >= 4 is 11.8 Å². The van der Waals surface area contributed by atoms with Gasteiger partial charge in [0.15, 0.2) is 0 Å². The van der Waals surface area contributed by atoms with E-state index in [0.717, 1.165) is 19.3 Å². The molecule has 112 valence electrons. The van der Waals surface area contributed by atoms with Crippen molar-refractivity contribution in [3.05, 3.63) is 0 Å². The summed E-state index contributed by atoms with van der Waals surface area (Å²) in [5.74, 6) is 0.654. The molecule has 0 bridgehead atoms. The van der Waals surface area contributed by atoms with Gasteiger partial charge in [0, 0.05) is 6.61 Å². The van der Waals surface area contributed by atoms with E-state index in [1.165, 1.54) is 12.8 Å². The summed E-state index contributed by atoms with van der Waals surface area (Å²) in [7, 11) is 0. The van der Waals surface area contributed by atoms with Gasteiger partial charge in [0.1, 0.15) is 12.1 Å². The Hall–Kier alpha value is -1.10. The summed E-state index contributed by atoms with van der Waals surface area (Å²) in [4.78, 5) is 26.7. The van der Waals surface area contributed by atoms with Gasteiger partial charge in [0.05, 0.1) is 12.1 Å². The van der Waals surface area contributed by atoms with Crippen molar-refractivity contribution in [1.29, 1.82) is 0 Å². The van der Waals surface area contributed by atoms with Crippen LogP contribution in [0.25, 0.3) is 0 Å². The minimum Gasteiger partial charge on any atom is -0.376 e. The molecule has 20 heavy (non-hydrogen) atoms. The van der Waals surface area contributed by atoms with Crippen LogP contribution in [0.1, 0.15) is 46.0 Å². The number of rotatable bonds is 4. The summed E-state index contributed by atoms with van der Waals surface area (Å²) in [5.41, 5.74) is 0. The first-order valence-corrected chi connectivity index (χ1v) is 7.87. The lowest BCUT2D eigenvalue weighted by Gasteiger charge is -2.42. The highest BCUT2D eigenvalue weighted by atomic mass is 16.5. The molecular formula is C15H24N2O3. The smallest absolute Gasteiger partial charge is 0.246 e. The molecule has 3 rings (SSSR count). The number of carbonyl (C=O) groups is 2. The van der Waals surface area contributed by atoms with Gasteiger partial charge in [0.2, 0.25) is 11.8 Å². The molecule has 0 aromatic carbocycles. The molecule has 4 unspecified atom stereocenters. The molecule has 3 fully saturated rings. The Morgan fingerprint density at radius 3 is 2.70 bits per heavy atom. The zero-order chi connectivity index (χ0) is 14.3. The Labute approximate surface area is 120 Å². The highest BCUT2D eigenvalue weighted by Gasteiger charge is 2.49. The first kappa shape index (κ1) is 13.9. The number of hydrogen-bond donors (Lipinski definition) is 1. The molecule has 1 saturated carbocycles. The Balaban J connectivity index is 1.80. The summed E-state index contributed by atoms with van der Waals surface area (Å²) < 4.78 is 5.84. The summed E-state index contributed by atoms with van der Waals surface area (Å²) in [6.45, 7) is 4.58. The second-order valence-electron chi connectivity index (χ2n) is 6.30. The molecule has 4 atom stereocenters. The monoisotopic (exact) mass is 280 g/mol. The predicted molar refractivity (Wildman–Crippen MR) is 74.0 cm³/mol. The SMILES string of the molecule is CCCC1NC(=O)C(C)N(C2CCOC2C2CC2)C1=O. The first-order chi connectivity index (χ1) is 9.63. The van der Waals surface area contributed by atoms with Crippen LogP contribution < -0.4 is 5.32 Å². The average molecular weight is 280 g/mol. The molecule has 2 saturated heterocycles. The summed E-state index contributed by atoms with van der Waals surface area (Å²) >= 11 is 0. The van der Waals surface area contributed by atoms with Crippen LogP contribution in [-0.4, -0.2) is 47.6 Å². The van der Waals surface area contributed by atoms with E-state index >= 15 is 0 Å². The van der Waals surface area contributed by atoms with E-state index in [9.17, 15) is 9.59 Å². The van der Waals surface area contributed by atoms with Gasteiger partial charge in [-0.1, -0.05) is 13.3 Å². The maximum Gasteiger partial charge on any atom is 0.246 e. The fraction of sp³-hybridized carbons (Fsp3) is 0.867. The van der Waals surface area contributed by atoms with Crippen molar-refractivity contribution in [1.82, 2.24) is 10.2 Å². The second kappa shape index (κ2) is 5.35. The van der Waals surface area contributed by atoms with E-state index in [2.05, 4.69) is 5.32 Å². The maximum absolute atomic E-state index is 12.7. The van der Waals surface area contributed by atoms with Crippen LogP contribution in [0.5, 0.6) is 0 Å². The van der Waals surface area contributed by atoms with E-state index in [1.54, 1.807) is 0 Å². The zero-order valence-corrected chi connectivity index (χ0v) is 12.3. The molecular weight excluding hydrogens is 256 g/mol. The number of ether oxygens (including phenoxy) is 1. The molecule has 0 aromatic heterocycles. The number of nitrogens with zero attached hydrogens (tertiary/aromatic N) is 1. The van der Waals surface area contributed by atoms with E-state index in [0.29, 0.717) is 12.5 Å². The van der Waals surface area contributed by atoms with E-state index in [4.69, 9.17) is 4.74 Å². The second-order valence-corrected chi connectivity index (χ2v) is 6.30. The largest absolute Gasteiger partial charge is 0.376 e. The molecule has 2 aliphatic heterocycles. The minimum atomic E-state index is -0.372. The predicted octanol–water partition coefficient (Wildman–Crippen LogP) is 1.07. The molecule has 0 spiro atoms. The fourth-order valence-corrected chi connectivity index (χ4v) is 3.56. The third kappa shape index (κ3) is 2.32. The normalized spacial score (nSPS) is 38.2.